The van der Waals surface area contributed by atoms with Crippen molar-refractivity contribution in [3.05, 3.63) is 35.4 Å². The summed E-state index contributed by atoms with van der Waals surface area (Å²) >= 11 is 0. The quantitative estimate of drug-likeness (QED) is 0.455. The minimum absolute atomic E-state index is 0.0212. The van der Waals surface area contributed by atoms with E-state index in [0.717, 1.165) is 12.1 Å². The van der Waals surface area contributed by atoms with Crippen LogP contribution in [0.1, 0.15) is 93.2 Å². The molecule has 1 aromatic rings. The van der Waals surface area contributed by atoms with Gasteiger partial charge in [0.1, 0.15) is 9.84 Å². The summed E-state index contributed by atoms with van der Waals surface area (Å²) in [5.41, 5.74) is 1.34. The number of carbonyl (C=O) groups is 2. The first-order chi connectivity index (χ1) is 17.5. The van der Waals surface area contributed by atoms with Gasteiger partial charge in [0, 0.05) is 32.5 Å². The number of carbonyl (C=O) groups excluding carboxylic acids is 2. The molecule has 1 atom stereocenters. The molecule has 38 heavy (non-hydrogen) atoms. The summed E-state index contributed by atoms with van der Waals surface area (Å²) in [6.07, 6.45) is 1.79. The molecule has 2 fully saturated rings. The SMILES string of the molecule is CC.CC(=O)N1CCN(C(=O)C2CCS(=O)(=O)CC2)C(c2ccc(F)c(F)c2)C1.CCC(C)(C)C(C)(C)C. The zero-order valence-electron chi connectivity index (χ0n) is 24.7. The summed E-state index contributed by atoms with van der Waals surface area (Å²) in [4.78, 5) is 28.0. The van der Waals surface area contributed by atoms with E-state index in [2.05, 4.69) is 41.5 Å². The van der Waals surface area contributed by atoms with Gasteiger partial charge in [0.05, 0.1) is 17.5 Å². The maximum absolute atomic E-state index is 13.7. The molecular weight excluding hydrogens is 510 g/mol. The zero-order valence-corrected chi connectivity index (χ0v) is 25.6. The Morgan fingerprint density at radius 3 is 1.95 bits per heavy atom. The van der Waals surface area contributed by atoms with E-state index < -0.39 is 33.4 Å². The highest BCUT2D eigenvalue weighted by Gasteiger charge is 2.38. The maximum atomic E-state index is 13.7. The van der Waals surface area contributed by atoms with Crippen LogP contribution in [-0.2, 0) is 19.4 Å². The highest BCUT2D eigenvalue weighted by atomic mass is 32.2. The molecule has 0 spiro atoms. The lowest BCUT2D eigenvalue weighted by Gasteiger charge is -2.43. The zero-order chi connectivity index (χ0) is 29.5. The predicted molar refractivity (Wildman–Crippen MR) is 149 cm³/mol. The molecule has 2 heterocycles. The molecule has 0 N–H and O–H groups in total. The fourth-order valence-corrected chi connectivity index (χ4v) is 5.73. The molecule has 0 aromatic heterocycles. The monoisotopic (exact) mass is 558 g/mol. The summed E-state index contributed by atoms with van der Waals surface area (Å²) in [6.45, 7) is 20.1. The van der Waals surface area contributed by atoms with E-state index in [1.807, 2.05) is 13.8 Å². The fourth-order valence-electron chi connectivity index (χ4n) is 4.24. The minimum atomic E-state index is -3.09. The van der Waals surface area contributed by atoms with E-state index in [9.17, 15) is 26.8 Å². The summed E-state index contributed by atoms with van der Waals surface area (Å²) in [5.74, 6) is -2.79. The van der Waals surface area contributed by atoms with E-state index in [-0.39, 0.29) is 49.3 Å². The molecule has 2 amide bonds. The van der Waals surface area contributed by atoms with Gasteiger partial charge < -0.3 is 9.80 Å². The molecule has 2 aliphatic heterocycles. The number of nitrogens with zero attached hydrogens (tertiary/aromatic N) is 2. The number of sulfone groups is 1. The molecule has 6 nitrogen and oxygen atoms in total. The van der Waals surface area contributed by atoms with Crippen LogP contribution in [0.15, 0.2) is 18.2 Å². The van der Waals surface area contributed by atoms with Crippen molar-refractivity contribution in [1.29, 1.82) is 0 Å². The lowest BCUT2D eigenvalue weighted by Crippen LogP contribution is -2.53. The second kappa shape index (κ2) is 13.9. The molecule has 0 aliphatic carbocycles. The predicted octanol–water partition coefficient (Wildman–Crippen LogP) is 6.02. The van der Waals surface area contributed by atoms with Gasteiger partial charge in [-0.15, -0.1) is 0 Å². The Morgan fingerprint density at radius 1 is 0.974 bits per heavy atom. The van der Waals surface area contributed by atoms with E-state index in [1.165, 1.54) is 19.4 Å². The third kappa shape index (κ3) is 9.02. The Labute approximate surface area is 229 Å². The van der Waals surface area contributed by atoms with Crippen LogP contribution < -0.4 is 0 Å². The number of halogens is 2. The Bertz CT molecular complexity index is 1040. The van der Waals surface area contributed by atoms with E-state index in [4.69, 9.17) is 0 Å². The molecule has 3 rings (SSSR count). The molecule has 0 radical (unpaired) electrons. The second-order valence-electron chi connectivity index (χ2n) is 11.6. The van der Waals surface area contributed by atoms with Crippen molar-refractivity contribution in [1.82, 2.24) is 9.80 Å². The van der Waals surface area contributed by atoms with Gasteiger partial charge in [0.15, 0.2) is 11.6 Å². The van der Waals surface area contributed by atoms with E-state index in [0.29, 0.717) is 22.9 Å². The van der Waals surface area contributed by atoms with Gasteiger partial charge in [0.25, 0.3) is 0 Å². The summed E-state index contributed by atoms with van der Waals surface area (Å²) < 4.78 is 50.3. The van der Waals surface area contributed by atoms with E-state index >= 15 is 0 Å². The molecule has 0 saturated carbocycles. The van der Waals surface area contributed by atoms with Crippen LogP contribution in [-0.4, -0.2) is 61.2 Å². The van der Waals surface area contributed by atoms with Gasteiger partial charge in [-0.1, -0.05) is 67.9 Å². The van der Waals surface area contributed by atoms with Gasteiger partial charge >= 0.3 is 0 Å². The average molecular weight is 559 g/mol. The maximum Gasteiger partial charge on any atom is 0.226 e. The van der Waals surface area contributed by atoms with Crippen LogP contribution in [0.4, 0.5) is 8.78 Å². The second-order valence-corrected chi connectivity index (χ2v) is 13.9. The molecule has 1 unspecified atom stereocenters. The summed E-state index contributed by atoms with van der Waals surface area (Å²) in [6, 6.07) is 2.88. The Balaban J connectivity index is 0.000000559. The van der Waals surface area contributed by atoms with Gasteiger partial charge in [-0.2, -0.15) is 0 Å². The van der Waals surface area contributed by atoms with Crippen LogP contribution in [0.3, 0.4) is 0 Å². The fraction of sp³-hybridized carbons (Fsp3) is 0.724. The summed E-state index contributed by atoms with van der Waals surface area (Å²) in [7, 11) is -3.09. The molecule has 218 valence electrons. The van der Waals surface area contributed by atoms with Crippen molar-refractivity contribution in [3.8, 4) is 0 Å². The number of hydrogen-bond donors (Lipinski definition) is 0. The van der Waals surface area contributed by atoms with Crippen molar-refractivity contribution in [3.63, 3.8) is 0 Å². The van der Waals surface area contributed by atoms with Crippen LogP contribution >= 0.6 is 0 Å². The minimum Gasteiger partial charge on any atom is -0.339 e. The first-order valence-corrected chi connectivity index (χ1v) is 15.5. The summed E-state index contributed by atoms with van der Waals surface area (Å²) in [5, 5.41) is 0. The standard InChI is InChI=1S/C18H22F2N2O4S.C9H20.C2H6/c1-12(23)21-6-7-22(18(24)13-4-8-27(25,26)9-5-13)17(11-21)14-2-3-15(19)16(20)10-14;1-7-9(5,6)8(2,3)4;1-2/h2-3,10,13,17H,4-9,11H2,1H3;7H2,1-6H3;1-2H3. The van der Waals surface area contributed by atoms with Crippen LogP contribution in [0, 0.1) is 28.4 Å². The normalized spacial score (nSPS) is 20.0. The molecule has 2 aliphatic rings. The molecule has 0 bridgehead atoms. The first kappa shape index (κ1) is 34.0. The molecule has 1 aromatic carbocycles. The van der Waals surface area contributed by atoms with Crippen molar-refractivity contribution in [2.24, 2.45) is 16.7 Å². The molecular formula is C29H48F2N2O4S. The van der Waals surface area contributed by atoms with Crippen molar-refractivity contribution < 1.29 is 26.8 Å². The topological polar surface area (TPSA) is 74.8 Å². The number of rotatable bonds is 3. The molecule has 9 heteroatoms. The van der Waals surface area contributed by atoms with Crippen molar-refractivity contribution >= 4 is 21.7 Å². The average Bonchev–Trinajstić information content (AvgIpc) is 2.86. The first-order valence-electron chi connectivity index (χ1n) is 13.7. The van der Waals surface area contributed by atoms with Crippen LogP contribution in [0.25, 0.3) is 0 Å². The largest absolute Gasteiger partial charge is 0.339 e. The number of hydrogen-bond acceptors (Lipinski definition) is 4. The van der Waals surface area contributed by atoms with Crippen LogP contribution in [0.2, 0.25) is 0 Å². The Morgan fingerprint density at radius 2 is 1.53 bits per heavy atom. The Hall–Kier alpha value is -2.03. The Kier molecular flexibility index (Phi) is 12.4. The third-order valence-corrected chi connectivity index (χ3v) is 9.97. The highest BCUT2D eigenvalue weighted by molar-refractivity contribution is 7.91. The van der Waals surface area contributed by atoms with Crippen molar-refractivity contribution in [2.75, 3.05) is 31.1 Å². The highest BCUT2D eigenvalue weighted by Crippen LogP contribution is 2.40. The van der Waals surface area contributed by atoms with Crippen LogP contribution in [0.5, 0.6) is 0 Å². The van der Waals surface area contributed by atoms with Gasteiger partial charge in [-0.25, -0.2) is 17.2 Å². The van der Waals surface area contributed by atoms with Gasteiger partial charge in [0.2, 0.25) is 11.8 Å². The number of benzene rings is 1. The van der Waals surface area contributed by atoms with Crippen molar-refractivity contribution in [2.45, 2.75) is 87.6 Å². The third-order valence-electron chi connectivity index (χ3n) is 8.26. The molecule has 2 saturated heterocycles. The lowest BCUT2D eigenvalue weighted by atomic mass is 9.68. The lowest BCUT2D eigenvalue weighted by molar-refractivity contribution is -0.145. The van der Waals surface area contributed by atoms with Gasteiger partial charge in [-0.3, -0.25) is 9.59 Å². The number of amides is 2. The smallest absolute Gasteiger partial charge is 0.226 e. The van der Waals surface area contributed by atoms with Gasteiger partial charge in [-0.05, 0) is 41.4 Å². The number of piperazine rings is 1. The van der Waals surface area contributed by atoms with E-state index in [1.54, 1.807) is 9.80 Å².